The molecule has 0 aliphatic heterocycles. The normalized spacial score (nSPS) is 11.6. The molecule has 0 saturated carbocycles. The summed E-state index contributed by atoms with van der Waals surface area (Å²) >= 11 is 6.51. The highest BCUT2D eigenvalue weighted by atomic mass is 79.9. The number of hydrazone groups is 1. The second-order valence-electron chi connectivity index (χ2n) is 3.87. The molecule has 0 aromatic carbocycles. The van der Waals surface area contributed by atoms with Gasteiger partial charge in [-0.05, 0) is 41.9 Å². The Balaban J connectivity index is 1.92. The molecule has 0 radical (unpaired) electrons. The monoisotopic (exact) mass is 357 g/mol. The fraction of sp³-hybridized carbons (Fsp3) is 0.250. The Kier molecular flexibility index (Phi) is 4.84. The molecule has 0 spiro atoms. The largest absolute Gasteiger partial charge is 0.273 e. The molecule has 0 atom stereocenters. The fourth-order valence-electron chi connectivity index (χ4n) is 1.40. The van der Waals surface area contributed by atoms with E-state index in [4.69, 9.17) is 0 Å². The molecule has 0 fully saturated rings. The first kappa shape index (κ1) is 14.4. The lowest BCUT2D eigenvalue weighted by Crippen LogP contribution is -2.21. The SMILES string of the molecule is C/C(=N/NC(=O)Cc1csc(C)n1)c1ccc(Br)s1. The zero-order chi connectivity index (χ0) is 13.8. The Labute approximate surface area is 127 Å². The second-order valence-corrected chi connectivity index (χ2v) is 7.40. The van der Waals surface area contributed by atoms with Gasteiger partial charge in [0, 0.05) is 5.38 Å². The van der Waals surface area contributed by atoms with E-state index < -0.39 is 0 Å². The summed E-state index contributed by atoms with van der Waals surface area (Å²) < 4.78 is 1.04. The highest BCUT2D eigenvalue weighted by molar-refractivity contribution is 9.11. The lowest BCUT2D eigenvalue weighted by atomic mass is 10.3. The van der Waals surface area contributed by atoms with E-state index in [9.17, 15) is 4.79 Å². The average molecular weight is 358 g/mol. The van der Waals surface area contributed by atoms with E-state index in [-0.39, 0.29) is 12.3 Å². The van der Waals surface area contributed by atoms with Gasteiger partial charge in [0.15, 0.2) is 0 Å². The van der Waals surface area contributed by atoms with Gasteiger partial charge in [-0.15, -0.1) is 22.7 Å². The van der Waals surface area contributed by atoms with Crippen molar-refractivity contribution in [1.82, 2.24) is 10.4 Å². The topological polar surface area (TPSA) is 54.4 Å². The highest BCUT2D eigenvalue weighted by Gasteiger charge is 2.06. The van der Waals surface area contributed by atoms with E-state index in [2.05, 4.69) is 31.4 Å². The first-order valence-electron chi connectivity index (χ1n) is 5.54. The Morgan fingerprint density at radius 1 is 1.53 bits per heavy atom. The van der Waals surface area contributed by atoms with Gasteiger partial charge in [-0.1, -0.05) is 0 Å². The first-order valence-corrected chi connectivity index (χ1v) is 8.03. The zero-order valence-corrected chi connectivity index (χ0v) is 13.7. The van der Waals surface area contributed by atoms with Crippen LogP contribution in [0.5, 0.6) is 0 Å². The maximum atomic E-state index is 11.7. The van der Waals surface area contributed by atoms with Crippen LogP contribution >= 0.6 is 38.6 Å². The van der Waals surface area contributed by atoms with Crippen molar-refractivity contribution in [3.8, 4) is 0 Å². The summed E-state index contributed by atoms with van der Waals surface area (Å²) in [6, 6.07) is 3.92. The molecule has 0 aliphatic rings. The van der Waals surface area contributed by atoms with Crippen LogP contribution in [-0.4, -0.2) is 16.6 Å². The van der Waals surface area contributed by atoms with Crippen molar-refractivity contribution in [2.45, 2.75) is 20.3 Å². The van der Waals surface area contributed by atoms with E-state index in [1.807, 2.05) is 31.4 Å². The van der Waals surface area contributed by atoms with Crippen LogP contribution in [0.15, 0.2) is 26.4 Å². The van der Waals surface area contributed by atoms with Gasteiger partial charge in [0.05, 0.1) is 31.5 Å². The summed E-state index contributed by atoms with van der Waals surface area (Å²) in [5.74, 6) is -0.153. The average Bonchev–Trinajstić information content (AvgIpc) is 2.95. The van der Waals surface area contributed by atoms with E-state index >= 15 is 0 Å². The molecule has 7 heteroatoms. The molecular formula is C12H12BrN3OS2. The predicted octanol–water partition coefficient (Wildman–Crippen LogP) is 3.36. The van der Waals surface area contributed by atoms with Gasteiger partial charge in [-0.2, -0.15) is 5.10 Å². The fourth-order valence-corrected chi connectivity index (χ4v) is 3.35. The number of rotatable bonds is 4. The standard InChI is InChI=1S/C12H12BrN3OS2/c1-7(10-3-4-11(13)19-10)15-16-12(17)5-9-6-18-8(2)14-9/h3-4,6H,5H2,1-2H3,(H,16,17)/b15-7-. The van der Waals surface area contributed by atoms with Crippen LogP contribution in [0.1, 0.15) is 22.5 Å². The van der Waals surface area contributed by atoms with Crippen molar-refractivity contribution in [3.05, 3.63) is 36.9 Å². The molecule has 19 heavy (non-hydrogen) atoms. The number of nitrogens with one attached hydrogen (secondary N) is 1. The predicted molar refractivity (Wildman–Crippen MR) is 82.9 cm³/mol. The van der Waals surface area contributed by atoms with Crippen LogP contribution in [0, 0.1) is 6.92 Å². The maximum Gasteiger partial charge on any atom is 0.246 e. The molecule has 4 nitrogen and oxygen atoms in total. The number of hydrogen-bond donors (Lipinski definition) is 1. The van der Waals surface area contributed by atoms with Gasteiger partial charge in [-0.25, -0.2) is 10.4 Å². The lowest BCUT2D eigenvalue weighted by Gasteiger charge is -1.99. The smallest absolute Gasteiger partial charge is 0.246 e. The first-order chi connectivity index (χ1) is 9.04. The molecule has 0 unspecified atom stereocenters. The van der Waals surface area contributed by atoms with Crippen LogP contribution in [0.2, 0.25) is 0 Å². The molecule has 2 aromatic heterocycles. The molecule has 0 saturated heterocycles. The number of carbonyl (C=O) groups is 1. The van der Waals surface area contributed by atoms with Crippen LogP contribution in [-0.2, 0) is 11.2 Å². The van der Waals surface area contributed by atoms with Crippen molar-refractivity contribution < 1.29 is 4.79 Å². The number of halogens is 1. The minimum atomic E-state index is -0.153. The molecule has 100 valence electrons. The van der Waals surface area contributed by atoms with E-state index in [0.717, 1.165) is 25.1 Å². The van der Waals surface area contributed by atoms with Crippen LogP contribution in [0.3, 0.4) is 0 Å². The van der Waals surface area contributed by atoms with E-state index in [1.54, 1.807) is 11.3 Å². The quantitative estimate of drug-likeness (QED) is 0.673. The van der Waals surface area contributed by atoms with Crippen molar-refractivity contribution in [3.63, 3.8) is 0 Å². The summed E-state index contributed by atoms with van der Waals surface area (Å²) in [5.41, 5.74) is 4.13. The Hall–Kier alpha value is -1.05. The van der Waals surface area contributed by atoms with Gasteiger partial charge in [0.1, 0.15) is 0 Å². The minimum absolute atomic E-state index is 0.153. The van der Waals surface area contributed by atoms with Crippen LogP contribution in [0.25, 0.3) is 0 Å². The van der Waals surface area contributed by atoms with Crippen LogP contribution < -0.4 is 5.43 Å². The summed E-state index contributed by atoms with van der Waals surface area (Å²) in [6.07, 6.45) is 0.259. The minimum Gasteiger partial charge on any atom is -0.273 e. The molecule has 2 rings (SSSR count). The summed E-state index contributed by atoms with van der Waals surface area (Å²) in [7, 11) is 0. The summed E-state index contributed by atoms with van der Waals surface area (Å²) in [4.78, 5) is 17.0. The van der Waals surface area contributed by atoms with Gasteiger partial charge in [-0.3, -0.25) is 4.79 Å². The Morgan fingerprint density at radius 2 is 2.32 bits per heavy atom. The number of aryl methyl sites for hydroxylation is 1. The Bertz CT molecular complexity index is 618. The highest BCUT2D eigenvalue weighted by Crippen LogP contribution is 2.22. The molecule has 2 aromatic rings. The van der Waals surface area contributed by atoms with Crippen molar-refractivity contribution in [2.24, 2.45) is 5.10 Å². The molecule has 0 bridgehead atoms. The zero-order valence-electron chi connectivity index (χ0n) is 10.4. The van der Waals surface area contributed by atoms with E-state index in [1.165, 1.54) is 11.3 Å². The maximum absolute atomic E-state index is 11.7. The number of carbonyl (C=O) groups excluding carboxylic acids is 1. The second kappa shape index (κ2) is 6.40. The Morgan fingerprint density at radius 3 is 2.89 bits per heavy atom. The number of amides is 1. The van der Waals surface area contributed by atoms with Gasteiger partial charge in [0.2, 0.25) is 5.91 Å². The number of hydrogen-bond acceptors (Lipinski definition) is 5. The van der Waals surface area contributed by atoms with Gasteiger partial charge < -0.3 is 0 Å². The van der Waals surface area contributed by atoms with Gasteiger partial charge in [0.25, 0.3) is 0 Å². The summed E-state index contributed by atoms with van der Waals surface area (Å²) in [5, 5.41) is 6.95. The molecule has 2 heterocycles. The third-order valence-corrected chi connectivity index (χ3v) is 4.84. The van der Waals surface area contributed by atoms with Crippen LogP contribution in [0.4, 0.5) is 0 Å². The number of nitrogens with zero attached hydrogens (tertiary/aromatic N) is 2. The third-order valence-electron chi connectivity index (χ3n) is 2.29. The third kappa shape index (κ3) is 4.22. The van der Waals surface area contributed by atoms with Gasteiger partial charge >= 0.3 is 0 Å². The molecule has 1 N–H and O–H groups in total. The number of aromatic nitrogens is 1. The molecular weight excluding hydrogens is 346 g/mol. The molecule has 1 amide bonds. The van der Waals surface area contributed by atoms with Crippen molar-refractivity contribution in [2.75, 3.05) is 0 Å². The molecule has 0 aliphatic carbocycles. The lowest BCUT2D eigenvalue weighted by molar-refractivity contribution is -0.120. The van der Waals surface area contributed by atoms with E-state index in [0.29, 0.717) is 0 Å². The summed E-state index contributed by atoms with van der Waals surface area (Å²) in [6.45, 7) is 3.79. The van der Waals surface area contributed by atoms with Crippen molar-refractivity contribution in [1.29, 1.82) is 0 Å². The van der Waals surface area contributed by atoms with Crippen molar-refractivity contribution >= 4 is 50.2 Å². The number of thiophene rings is 1. The number of thiazole rings is 1.